The summed E-state index contributed by atoms with van der Waals surface area (Å²) in [6, 6.07) is 5.94. The monoisotopic (exact) mass is 354 g/mol. The van der Waals surface area contributed by atoms with Crippen molar-refractivity contribution in [3.63, 3.8) is 0 Å². The van der Waals surface area contributed by atoms with Crippen LogP contribution in [-0.2, 0) is 9.53 Å². The average molecular weight is 355 g/mol. The van der Waals surface area contributed by atoms with Gasteiger partial charge in [-0.1, -0.05) is 32.4 Å². The number of benzene rings is 1. The third-order valence-corrected chi connectivity index (χ3v) is 3.89. The van der Waals surface area contributed by atoms with E-state index in [1.54, 1.807) is 31.4 Å². The second-order valence-corrected chi connectivity index (χ2v) is 6.67. The summed E-state index contributed by atoms with van der Waals surface area (Å²) in [5.74, 6) is -0.198. The van der Waals surface area contributed by atoms with Crippen molar-refractivity contribution in [2.24, 2.45) is 5.92 Å². The van der Waals surface area contributed by atoms with E-state index in [0.29, 0.717) is 23.6 Å². The lowest BCUT2D eigenvalue weighted by atomic mass is 10.0. The summed E-state index contributed by atoms with van der Waals surface area (Å²) in [5.41, 5.74) is 0.477. The summed E-state index contributed by atoms with van der Waals surface area (Å²) in [6.45, 7) is 6.46. The Labute approximate surface area is 149 Å². The first-order valence-electron chi connectivity index (χ1n) is 8.23. The summed E-state index contributed by atoms with van der Waals surface area (Å²) >= 11 is 5.84. The zero-order valence-corrected chi connectivity index (χ0v) is 15.5. The third-order valence-electron chi connectivity index (χ3n) is 3.64. The van der Waals surface area contributed by atoms with Crippen LogP contribution in [0.25, 0.3) is 0 Å². The van der Waals surface area contributed by atoms with Crippen LogP contribution in [-0.4, -0.2) is 37.6 Å². The number of methoxy groups -OCH3 is 1. The Bertz CT molecular complexity index is 532. The lowest BCUT2D eigenvalue weighted by Crippen LogP contribution is -2.51. The minimum atomic E-state index is -0.584. The molecule has 6 heteroatoms. The molecule has 5 nitrogen and oxygen atoms in total. The van der Waals surface area contributed by atoms with Crippen molar-refractivity contribution in [2.45, 2.75) is 45.7 Å². The van der Waals surface area contributed by atoms with E-state index >= 15 is 0 Å². The number of rotatable bonds is 9. The van der Waals surface area contributed by atoms with Crippen molar-refractivity contribution >= 4 is 23.4 Å². The first kappa shape index (κ1) is 20.5. The first-order valence-corrected chi connectivity index (χ1v) is 8.60. The molecule has 0 saturated heterocycles. The summed E-state index contributed by atoms with van der Waals surface area (Å²) in [5, 5.41) is 6.32. The predicted molar refractivity (Wildman–Crippen MR) is 96.3 cm³/mol. The molecule has 2 atom stereocenters. The van der Waals surface area contributed by atoms with E-state index in [4.69, 9.17) is 16.3 Å². The van der Waals surface area contributed by atoms with Crippen LogP contribution < -0.4 is 10.6 Å². The maximum Gasteiger partial charge on any atom is 0.251 e. The molecule has 0 spiro atoms. The molecule has 0 aromatic heterocycles. The topological polar surface area (TPSA) is 67.4 Å². The molecule has 0 aliphatic rings. The summed E-state index contributed by atoms with van der Waals surface area (Å²) < 4.78 is 5.10. The normalized spacial score (nSPS) is 13.4. The molecule has 0 heterocycles. The number of nitrogens with one attached hydrogen (secondary N) is 2. The minimum Gasteiger partial charge on any atom is -0.383 e. The third kappa shape index (κ3) is 6.89. The molecule has 2 unspecified atom stereocenters. The highest BCUT2D eigenvalue weighted by Gasteiger charge is 2.24. The molecular weight excluding hydrogens is 328 g/mol. The molecule has 1 aromatic carbocycles. The molecule has 0 radical (unpaired) electrons. The Balaban J connectivity index is 2.78. The fraction of sp³-hybridized carbons (Fsp3) is 0.556. The minimum absolute atomic E-state index is 0.0652. The van der Waals surface area contributed by atoms with Crippen LogP contribution in [0.1, 0.15) is 44.0 Å². The SMILES string of the molecule is CCC(COC)NC(=O)C(CC(C)C)NC(=O)c1ccc(Cl)cc1. The molecular formula is C18H27ClN2O3. The van der Waals surface area contributed by atoms with Crippen LogP contribution >= 0.6 is 11.6 Å². The quantitative estimate of drug-likeness (QED) is 0.716. The number of amides is 2. The second kappa shape index (κ2) is 10.3. The van der Waals surface area contributed by atoms with Crippen LogP contribution in [0.4, 0.5) is 0 Å². The van der Waals surface area contributed by atoms with E-state index in [1.807, 2.05) is 20.8 Å². The second-order valence-electron chi connectivity index (χ2n) is 6.23. The molecule has 0 bridgehead atoms. The van der Waals surface area contributed by atoms with Gasteiger partial charge < -0.3 is 15.4 Å². The Morgan fingerprint density at radius 3 is 2.29 bits per heavy atom. The largest absolute Gasteiger partial charge is 0.383 e. The molecule has 1 aromatic rings. The molecule has 0 aliphatic heterocycles. The van der Waals surface area contributed by atoms with Crippen LogP contribution in [0.15, 0.2) is 24.3 Å². The van der Waals surface area contributed by atoms with E-state index in [2.05, 4.69) is 10.6 Å². The van der Waals surface area contributed by atoms with Crippen LogP contribution in [0.2, 0.25) is 5.02 Å². The van der Waals surface area contributed by atoms with E-state index in [0.717, 1.165) is 6.42 Å². The molecule has 0 aliphatic carbocycles. The Kier molecular flexibility index (Phi) is 8.79. The van der Waals surface area contributed by atoms with Crippen LogP contribution in [0.5, 0.6) is 0 Å². The Morgan fingerprint density at radius 1 is 1.17 bits per heavy atom. The van der Waals surface area contributed by atoms with E-state index < -0.39 is 6.04 Å². The van der Waals surface area contributed by atoms with E-state index in [9.17, 15) is 9.59 Å². The fourth-order valence-corrected chi connectivity index (χ4v) is 2.44. The van der Waals surface area contributed by atoms with Gasteiger partial charge in [-0.2, -0.15) is 0 Å². The van der Waals surface area contributed by atoms with Gasteiger partial charge in [0.05, 0.1) is 12.6 Å². The van der Waals surface area contributed by atoms with Gasteiger partial charge in [0.2, 0.25) is 5.91 Å². The standard InChI is InChI=1S/C18H27ClN2O3/c1-5-15(11-24-4)20-18(23)16(10-12(2)3)21-17(22)13-6-8-14(19)9-7-13/h6-9,12,15-16H,5,10-11H2,1-4H3,(H,20,23)(H,21,22). The highest BCUT2D eigenvalue weighted by atomic mass is 35.5. The van der Waals surface area contributed by atoms with Gasteiger partial charge in [0, 0.05) is 17.7 Å². The van der Waals surface area contributed by atoms with Crippen molar-refractivity contribution < 1.29 is 14.3 Å². The average Bonchev–Trinajstić information content (AvgIpc) is 2.53. The van der Waals surface area contributed by atoms with Crippen molar-refractivity contribution in [3.8, 4) is 0 Å². The summed E-state index contributed by atoms with van der Waals surface area (Å²) in [6.07, 6.45) is 1.33. The van der Waals surface area contributed by atoms with Gasteiger partial charge in [0.15, 0.2) is 0 Å². The lowest BCUT2D eigenvalue weighted by molar-refractivity contribution is -0.124. The summed E-state index contributed by atoms with van der Waals surface area (Å²) in [7, 11) is 1.60. The number of hydrogen-bond donors (Lipinski definition) is 2. The van der Waals surface area contributed by atoms with Crippen molar-refractivity contribution in [3.05, 3.63) is 34.9 Å². The van der Waals surface area contributed by atoms with Crippen LogP contribution in [0, 0.1) is 5.92 Å². The molecule has 2 amide bonds. The number of carbonyl (C=O) groups excluding carboxylic acids is 2. The molecule has 0 fully saturated rings. The number of carbonyl (C=O) groups is 2. The predicted octanol–water partition coefficient (Wildman–Crippen LogP) is 3.03. The first-order chi connectivity index (χ1) is 11.4. The zero-order chi connectivity index (χ0) is 18.1. The fourth-order valence-electron chi connectivity index (χ4n) is 2.31. The molecule has 1 rings (SSSR count). The highest BCUT2D eigenvalue weighted by Crippen LogP contribution is 2.11. The summed E-state index contributed by atoms with van der Waals surface area (Å²) in [4.78, 5) is 24.9. The van der Waals surface area contributed by atoms with Crippen LogP contribution in [0.3, 0.4) is 0 Å². The van der Waals surface area contributed by atoms with Gasteiger partial charge in [-0.3, -0.25) is 9.59 Å². The number of ether oxygens (including phenoxy) is 1. The van der Waals surface area contributed by atoms with E-state index in [1.165, 1.54) is 0 Å². The lowest BCUT2D eigenvalue weighted by Gasteiger charge is -2.23. The smallest absolute Gasteiger partial charge is 0.251 e. The van der Waals surface area contributed by atoms with Gasteiger partial charge in [0.25, 0.3) is 5.91 Å². The maximum atomic E-state index is 12.5. The zero-order valence-electron chi connectivity index (χ0n) is 14.8. The van der Waals surface area contributed by atoms with Crippen molar-refractivity contribution in [2.75, 3.05) is 13.7 Å². The highest BCUT2D eigenvalue weighted by molar-refractivity contribution is 6.30. The maximum absolute atomic E-state index is 12.5. The Morgan fingerprint density at radius 2 is 1.79 bits per heavy atom. The Hall–Kier alpha value is -1.59. The van der Waals surface area contributed by atoms with Gasteiger partial charge in [0.1, 0.15) is 6.04 Å². The molecule has 24 heavy (non-hydrogen) atoms. The van der Waals surface area contributed by atoms with Crippen molar-refractivity contribution in [1.82, 2.24) is 10.6 Å². The van der Waals surface area contributed by atoms with Gasteiger partial charge in [-0.15, -0.1) is 0 Å². The number of hydrogen-bond acceptors (Lipinski definition) is 3. The molecule has 134 valence electrons. The van der Waals surface area contributed by atoms with E-state index in [-0.39, 0.29) is 23.8 Å². The number of halogens is 1. The molecule has 2 N–H and O–H groups in total. The van der Waals surface area contributed by atoms with Gasteiger partial charge in [-0.05, 0) is 43.0 Å². The van der Waals surface area contributed by atoms with Gasteiger partial charge >= 0.3 is 0 Å². The van der Waals surface area contributed by atoms with Crippen molar-refractivity contribution in [1.29, 1.82) is 0 Å². The van der Waals surface area contributed by atoms with Gasteiger partial charge in [-0.25, -0.2) is 0 Å². The molecule has 0 saturated carbocycles.